The summed E-state index contributed by atoms with van der Waals surface area (Å²) in [7, 11) is 0. The van der Waals surface area contributed by atoms with Gasteiger partial charge in [-0.05, 0) is 62.5 Å². The van der Waals surface area contributed by atoms with Crippen molar-refractivity contribution in [3.63, 3.8) is 0 Å². The molecule has 0 spiro atoms. The van der Waals surface area contributed by atoms with Gasteiger partial charge in [0, 0.05) is 24.6 Å². The zero-order valence-corrected chi connectivity index (χ0v) is 16.5. The molecule has 0 N–H and O–H groups in total. The van der Waals surface area contributed by atoms with Crippen LogP contribution in [0.4, 0.5) is 4.39 Å². The third-order valence-electron chi connectivity index (χ3n) is 5.50. The summed E-state index contributed by atoms with van der Waals surface area (Å²) in [6.45, 7) is 5.18. The first-order chi connectivity index (χ1) is 13.5. The van der Waals surface area contributed by atoms with Crippen molar-refractivity contribution in [2.24, 2.45) is 0 Å². The summed E-state index contributed by atoms with van der Waals surface area (Å²) in [6, 6.07) is 5.66. The second kappa shape index (κ2) is 6.48. The lowest BCUT2D eigenvalue weighted by Crippen LogP contribution is -2.41. The number of aromatic nitrogens is 4. The van der Waals surface area contributed by atoms with E-state index in [2.05, 4.69) is 20.8 Å². The number of hydrogen-bond acceptors (Lipinski definition) is 5. The van der Waals surface area contributed by atoms with Gasteiger partial charge in [0.2, 0.25) is 0 Å². The zero-order chi connectivity index (χ0) is 19.4. The summed E-state index contributed by atoms with van der Waals surface area (Å²) >= 11 is 1.37. The van der Waals surface area contributed by atoms with Crippen molar-refractivity contribution >= 4 is 17.4 Å². The van der Waals surface area contributed by atoms with Gasteiger partial charge in [-0.25, -0.2) is 14.4 Å². The van der Waals surface area contributed by atoms with Crippen molar-refractivity contribution in [3.8, 4) is 10.8 Å². The summed E-state index contributed by atoms with van der Waals surface area (Å²) < 4.78 is 19.8. The van der Waals surface area contributed by atoms with Crippen LogP contribution in [0.15, 0.2) is 24.3 Å². The first-order valence-electron chi connectivity index (χ1n) is 9.50. The van der Waals surface area contributed by atoms with Gasteiger partial charge in [0.25, 0.3) is 5.91 Å². The molecule has 5 rings (SSSR count). The first kappa shape index (κ1) is 17.5. The Labute approximate surface area is 166 Å². The Morgan fingerprint density at radius 2 is 1.93 bits per heavy atom. The minimum Gasteiger partial charge on any atom is -0.329 e. The molecule has 1 amide bonds. The minimum absolute atomic E-state index is 0.0741. The molecule has 0 bridgehead atoms. The molecular formula is C20H20FN5OS. The Morgan fingerprint density at radius 3 is 2.57 bits per heavy atom. The number of fused-ring (bicyclic) bond motifs is 1. The standard InChI is InChI=1S/C20H20FN5OS/c1-11-17-16(13-3-4-13)23-18(19-22-12(2)24-28-19)26(17)10-9-25(11)20(27)14-5-7-15(21)8-6-14/h5-8,11,13H,3-4,9-10H2,1-2H3/t11-/m1/s1. The van der Waals surface area contributed by atoms with Gasteiger partial charge >= 0.3 is 0 Å². The number of hydrogen-bond donors (Lipinski definition) is 0. The molecule has 2 aliphatic rings. The van der Waals surface area contributed by atoms with E-state index in [0.29, 0.717) is 24.6 Å². The highest BCUT2D eigenvalue weighted by Crippen LogP contribution is 2.46. The molecule has 0 radical (unpaired) electrons. The van der Waals surface area contributed by atoms with Crippen LogP contribution in [-0.4, -0.2) is 36.3 Å². The van der Waals surface area contributed by atoms with Gasteiger partial charge in [0.05, 0.1) is 17.4 Å². The molecule has 1 aliphatic heterocycles. The number of halogens is 1. The molecule has 2 aromatic heterocycles. The van der Waals surface area contributed by atoms with Gasteiger partial charge in [0.15, 0.2) is 10.8 Å². The molecule has 0 saturated heterocycles. The van der Waals surface area contributed by atoms with E-state index in [1.807, 2.05) is 11.8 Å². The van der Waals surface area contributed by atoms with Crippen molar-refractivity contribution in [2.75, 3.05) is 6.54 Å². The number of carbonyl (C=O) groups is 1. The minimum atomic E-state index is -0.339. The Morgan fingerprint density at radius 1 is 1.18 bits per heavy atom. The second-order valence-electron chi connectivity index (χ2n) is 7.46. The van der Waals surface area contributed by atoms with Crippen LogP contribution in [0.3, 0.4) is 0 Å². The number of carbonyl (C=O) groups excluding carboxylic acids is 1. The van der Waals surface area contributed by atoms with E-state index >= 15 is 0 Å². The third kappa shape index (κ3) is 2.83. The highest BCUT2D eigenvalue weighted by atomic mass is 32.1. The fraction of sp³-hybridized carbons (Fsp3) is 0.400. The maximum Gasteiger partial charge on any atom is 0.254 e. The first-order valence-corrected chi connectivity index (χ1v) is 10.3. The summed E-state index contributed by atoms with van der Waals surface area (Å²) in [5.41, 5.74) is 2.70. The second-order valence-corrected chi connectivity index (χ2v) is 8.21. The number of nitrogens with zero attached hydrogens (tertiary/aromatic N) is 5. The molecule has 3 aromatic rings. The van der Waals surface area contributed by atoms with Crippen molar-refractivity contribution < 1.29 is 9.18 Å². The number of amides is 1. The molecule has 144 valence electrons. The fourth-order valence-corrected chi connectivity index (χ4v) is 4.61. The Balaban J connectivity index is 1.54. The smallest absolute Gasteiger partial charge is 0.254 e. The average molecular weight is 397 g/mol. The molecule has 1 atom stereocenters. The normalized spacial score (nSPS) is 19.0. The van der Waals surface area contributed by atoms with Crippen molar-refractivity contribution in [1.82, 2.24) is 23.8 Å². The number of benzene rings is 1. The number of rotatable bonds is 3. The predicted molar refractivity (Wildman–Crippen MR) is 104 cm³/mol. The van der Waals surface area contributed by atoms with Crippen LogP contribution >= 0.6 is 11.5 Å². The van der Waals surface area contributed by atoms with Crippen LogP contribution in [0, 0.1) is 12.7 Å². The van der Waals surface area contributed by atoms with E-state index in [9.17, 15) is 9.18 Å². The lowest BCUT2D eigenvalue weighted by Gasteiger charge is -2.35. The molecule has 1 aromatic carbocycles. The predicted octanol–water partition coefficient (Wildman–Crippen LogP) is 3.94. The molecule has 28 heavy (non-hydrogen) atoms. The van der Waals surface area contributed by atoms with Gasteiger partial charge in [-0.2, -0.15) is 4.37 Å². The Hall–Kier alpha value is -2.61. The van der Waals surface area contributed by atoms with Crippen LogP contribution in [0.25, 0.3) is 10.8 Å². The highest BCUT2D eigenvalue weighted by molar-refractivity contribution is 7.09. The Kier molecular flexibility index (Phi) is 4.04. The van der Waals surface area contributed by atoms with Crippen LogP contribution < -0.4 is 0 Å². The van der Waals surface area contributed by atoms with E-state index in [1.54, 1.807) is 12.1 Å². The molecule has 1 fully saturated rings. The molecule has 6 nitrogen and oxygen atoms in total. The topological polar surface area (TPSA) is 63.9 Å². The molecule has 1 saturated carbocycles. The van der Waals surface area contributed by atoms with E-state index in [-0.39, 0.29) is 17.8 Å². The van der Waals surface area contributed by atoms with Gasteiger partial charge < -0.3 is 9.47 Å². The van der Waals surface area contributed by atoms with E-state index in [4.69, 9.17) is 4.98 Å². The molecule has 8 heteroatoms. The molecule has 0 unspecified atom stereocenters. The van der Waals surface area contributed by atoms with Crippen LogP contribution in [-0.2, 0) is 6.54 Å². The number of aryl methyl sites for hydroxylation is 1. The largest absolute Gasteiger partial charge is 0.329 e. The molecule has 1 aliphatic carbocycles. The van der Waals surface area contributed by atoms with E-state index in [0.717, 1.165) is 40.9 Å². The van der Waals surface area contributed by atoms with Gasteiger partial charge in [-0.3, -0.25) is 4.79 Å². The molecular weight excluding hydrogens is 377 g/mol. The lowest BCUT2D eigenvalue weighted by molar-refractivity contribution is 0.0643. The van der Waals surface area contributed by atoms with Crippen LogP contribution in [0.2, 0.25) is 0 Å². The SMILES string of the molecule is Cc1nsc(-c2nc(C3CC3)c3n2CCN(C(=O)c2ccc(F)cc2)[C@@H]3C)n1. The van der Waals surface area contributed by atoms with E-state index < -0.39 is 0 Å². The highest BCUT2D eigenvalue weighted by Gasteiger charge is 2.39. The van der Waals surface area contributed by atoms with Crippen molar-refractivity contribution in [2.45, 2.75) is 45.2 Å². The maximum atomic E-state index is 13.2. The van der Waals surface area contributed by atoms with Gasteiger partial charge in [-0.15, -0.1) is 0 Å². The average Bonchev–Trinajstić information content (AvgIpc) is 3.32. The van der Waals surface area contributed by atoms with E-state index in [1.165, 1.54) is 23.7 Å². The lowest BCUT2D eigenvalue weighted by atomic mass is 10.0. The summed E-state index contributed by atoms with van der Waals surface area (Å²) in [4.78, 5) is 24.4. The third-order valence-corrected chi connectivity index (χ3v) is 6.30. The number of imidazole rings is 1. The fourth-order valence-electron chi connectivity index (χ4n) is 3.94. The maximum absolute atomic E-state index is 13.2. The molecule has 3 heterocycles. The van der Waals surface area contributed by atoms with Crippen LogP contribution in [0.1, 0.15) is 59.3 Å². The van der Waals surface area contributed by atoms with Crippen molar-refractivity contribution in [1.29, 1.82) is 0 Å². The Bertz CT molecular complexity index is 1050. The van der Waals surface area contributed by atoms with Crippen LogP contribution in [0.5, 0.6) is 0 Å². The monoisotopic (exact) mass is 397 g/mol. The van der Waals surface area contributed by atoms with Gasteiger partial charge in [0.1, 0.15) is 11.6 Å². The van der Waals surface area contributed by atoms with Crippen molar-refractivity contribution in [3.05, 3.63) is 52.9 Å². The summed E-state index contributed by atoms with van der Waals surface area (Å²) in [5.74, 6) is 1.67. The van der Waals surface area contributed by atoms with Gasteiger partial charge in [-0.1, -0.05) is 0 Å². The zero-order valence-electron chi connectivity index (χ0n) is 15.7. The summed E-state index contributed by atoms with van der Waals surface area (Å²) in [5, 5.41) is 0.830. The summed E-state index contributed by atoms with van der Waals surface area (Å²) in [6.07, 6.45) is 2.27. The quantitative estimate of drug-likeness (QED) is 0.671.